The lowest BCUT2D eigenvalue weighted by molar-refractivity contribution is -0.274. The van der Waals surface area contributed by atoms with Crippen LogP contribution in [0.15, 0.2) is 42.6 Å². The third kappa shape index (κ3) is 4.83. The highest BCUT2D eigenvalue weighted by Gasteiger charge is 2.40. The highest BCUT2D eigenvalue weighted by molar-refractivity contribution is 6.31. The SMILES string of the molecule is O=C(Nc1ccc(OC(F)(F)F)cc1)N1CCC(F)(c2ncccc2Cl)CC1. The summed E-state index contributed by atoms with van der Waals surface area (Å²) in [5, 5.41) is 2.81. The molecule has 0 saturated carbocycles. The van der Waals surface area contributed by atoms with Gasteiger partial charge >= 0.3 is 12.4 Å². The van der Waals surface area contributed by atoms with Crippen molar-refractivity contribution in [2.75, 3.05) is 18.4 Å². The number of nitrogens with one attached hydrogen (secondary N) is 1. The monoisotopic (exact) mass is 417 g/mol. The van der Waals surface area contributed by atoms with Gasteiger partial charge in [-0.25, -0.2) is 9.18 Å². The average Bonchev–Trinajstić information content (AvgIpc) is 2.63. The smallest absolute Gasteiger partial charge is 0.406 e. The van der Waals surface area contributed by atoms with Crippen LogP contribution in [0.3, 0.4) is 0 Å². The van der Waals surface area contributed by atoms with Crippen molar-refractivity contribution in [3.05, 3.63) is 53.3 Å². The number of alkyl halides is 4. The first-order chi connectivity index (χ1) is 13.2. The molecule has 1 aromatic carbocycles. The zero-order valence-electron chi connectivity index (χ0n) is 14.5. The standard InChI is InChI=1S/C18H16ClF4N3O2/c19-14-2-1-9-24-15(14)17(20)7-10-26(11-8-17)16(27)25-12-3-5-13(6-4-12)28-18(21,22)23/h1-6,9H,7-8,10-11H2,(H,25,27). The van der Waals surface area contributed by atoms with Crippen molar-refractivity contribution >= 4 is 23.3 Å². The van der Waals surface area contributed by atoms with Crippen molar-refractivity contribution in [3.63, 3.8) is 0 Å². The number of hydrogen-bond donors (Lipinski definition) is 1. The molecule has 5 nitrogen and oxygen atoms in total. The van der Waals surface area contributed by atoms with Crippen LogP contribution in [-0.4, -0.2) is 35.4 Å². The second-order valence-electron chi connectivity index (χ2n) is 6.29. The lowest BCUT2D eigenvalue weighted by atomic mass is 9.89. The maximum atomic E-state index is 15.2. The molecule has 10 heteroatoms. The number of nitrogens with zero attached hydrogens (tertiary/aromatic N) is 2. The van der Waals surface area contributed by atoms with Crippen molar-refractivity contribution in [3.8, 4) is 5.75 Å². The van der Waals surface area contributed by atoms with Crippen LogP contribution in [0, 0.1) is 0 Å². The van der Waals surface area contributed by atoms with Crippen molar-refractivity contribution in [1.82, 2.24) is 9.88 Å². The Bertz CT molecular complexity index is 837. The molecule has 0 radical (unpaired) electrons. The normalized spacial score (nSPS) is 16.5. The first-order valence-electron chi connectivity index (χ1n) is 8.38. The van der Waals surface area contributed by atoms with E-state index in [9.17, 15) is 18.0 Å². The first-order valence-corrected chi connectivity index (χ1v) is 8.76. The molecule has 0 aliphatic carbocycles. The number of piperidine rings is 1. The van der Waals surface area contributed by atoms with Gasteiger partial charge in [-0.05, 0) is 36.4 Å². The van der Waals surface area contributed by atoms with Crippen LogP contribution in [0.4, 0.5) is 28.0 Å². The number of rotatable bonds is 3. The van der Waals surface area contributed by atoms with Crippen molar-refractivity contribution in [2.24, 2.45) is 0 Å². The Labute approximate surface area is 163 Å². The Balaban J connectivity index is 1.58. The quantitative estimate of drug-likeness (QED) is 0.705. The molecule has 0 spiro atoms. The van der Waals surface area contributed by atoms with Gasteiger partial charge in [-0.15, -0.1) is 13.2 Å². The van der Waals surface area contributed by atoms with E-state index in [-0.39, 0.29) is 36.6 Å². The average molecular weight is 418 g/mol. The van der Waals surface area contributed by atoms with Crippen LogP contribution in [0.2, 0.25) is 5.02 Å². The summed E-state index contributed by atoms with van der Waals surface area (Å²) >= 11 is 6.03. The van der Waals surface area contributed by atoms with E-state index >= 15 is 4.39 Å². The molecule has 2 aromatic rings. The molecule has 0 unspecified atom stereocenters. The summed E-state index contributed by atoms with van der Waals surface area (Å²) < 4.78 is 55.5. The van der Waals surface area contributed by atoms with E-state index in [2.05, 4.69) is 15.0 Å². The van der Waals surface area contributed by atoms with E-state index in [0.29, 0.717) is 5.69 Å². The van der Waals surface area contributed by atoms with E-state index < -0.39 is 23.8 Å². The lowest BCUT2D eigenvalue weighted by Gasteiger charge is -2.36. The summed E-state index contributed by atoms with van der Waals surface area (Å²) in [6.45, 7) is 0.287. The summed E-state index contributed by atoms with van der Waals surface area (Å²) in [7, 11) is 0. The van der Waals surface area contributed by atoms with Gasteiger partial charge in [0.25, 0.3) is 0 Å². The van der Waals surface area contributed by atoms with Gasteiger partial charge in [0, 0.05) is 37.8 Å². The second-order valence-corrected chi connectivity index (χ2v) is 6.70. The van der Waals surface area contributed by atoms with E-state index in [1.807, 2.05) is 0 Å². The zero-order chi connectivity index (χ0) is 20.4. The Morgan fingerprint density at radius 2 is 1.82 bits per heavy atom. The Kier molecular flexibility index (Phi) is 5.64. The van der Waals surface area contributed by atoms with Gasteiger partial charge in [-0.1, -0.05) is 11.6 Å². The summed E-state index contributed by atoms with van der Waals surface area (Å²) in [4.78, 5) is 17.8. The third-order valence-corrected chi connectivity index (χ3v) is 4.67. The molecule has 1 aliphatic heterocycles. The Morgan fingerprint density at radius 1 is 1.18 bits per heavy atom. The highest BCUT2D eigenvalue weighted by Crippen LogP contribution is 2.39. The minimum absolute atomic E-state index is 0.0372. The molecule has 2 amide bonds. The molecule has 2 heterocycles. The number of pyridine rings is 1. The molecule has 1 N–H and O–H groups in total. The van der Waals surface area contributed by atoms with E-state index in [0.717, 1.165) is 12.1 Å². The minimum Gasteiger partial charge on any atom is -0.406 e. The van der Waals surface area contributed by atoms with Crippen molar-refractivity contribution in [2.45, 2.75) is 24.9 Å². The Hall–Kier alpha value is -2.55. The molecular formula is C18H16ClF4N3O2. The molecule has 150 valence electrons. The highest BCUT2D eigenvalue weighted by atomic mass is 35.5. The fourth-order valence-electron chi connectivity index (χ4n) is 2.96. The molecule has 0 bridgehead atoms. The fourth-order valence-corrected chi connectivity index (χ4v) is 3.25. The summed E-state index contributed by atoms with van der Waals surface area (Å²) in [6.07, 6.45) is -3.24. The van der Waals surface area contributed by atoms with Crippen LogP contribution in [-0.2, 0) is 5.67 Å². The van der Waals surface area contributed by atoms with Crippen LogP contribution in [0.25, 0.3) is 0 Å². The van der Waals surface area contributed by atoms with Crippen LogP contribution in [0.5, 0.6) is 5.75 Å². The van der Waals surface area contributed by atoms with Crippen molar-refractivity contribution in [1.29, 1.82) is 0 Å². The predicted molar refractivity (Wildman–Crippen MR) is 95.0 cm³/mol. The molecule has 1 fully saturated rings. The van der Waals surface area contributed by atoms with Gasteiger partial charge in [-0.3, -0.25) is 4.98 Å². The zero-order valence-corrected chi connectivity index (χ0v) is 15.2. The fraction of sp³-hybridized carbons (Fsp3) is 0.333. The van der Waals surface area contributed by atoms with Crippen LogP contribution >= 0.6 is 11.6 Å². The maximum absolute atomic E-state index is 15.2. The van der Waals surface area contributed by atoms with Gasteiger partial charge < -0.3 is 15.0 Å². The summed E-state index contributed by atoms with van der Waals surface area (Å²) in [5.41, 5.74) is -1.26. The molecule has 1 saturated heterocycles. The maximum Gasteiger partial charge on any atom is 0.573 e. The van der Waals surface area contributed by atoms with Crippen LogP contribution in [0.1, 0.15) is 18.5 Å². The van der Waals surface area contributed by atoms with Crippen molar-refractivity contribution < 1.29 is 27.1 Å². The topological polar surface area (TPSA) is 54.5 Å². The molecule has 28 heavy (non-hydrogen) atoms. The van der Waals surface area contributed by atoms with Gasteiger partial charge in [-0.2, -0.15) is 0 Å². The Morgan fingerprint density at radius 3 is 2.39 bits per heavy atom. The number of halogens is 5. The number of benzene rings is 1. The summed E-state index contributed by atoms with van der Waals surface area (Å²) in [5.74, 6) is -0.391. The molecular weight excluding hydrogens is 402 g/mol. The third-order valence-electron chi connectivity index (χ3n) is 4.37. The number of aromatic nitrogens is 1. The number of ether oxygens (including phenoxy) is 1. The number of likely N-dealkylation sites (tertiary alicyclic amines) is 1. The number of amides is 2. The van der Waals surface area contributed by atoms with Gasteiger partial charge in [0.2, 0.25) is 0 Å². The molecule has 1 aliphatic rings. The molecule has 0 atom stereocenters. The minimum atomic E-state index is -4.78. The van der Waals surface area contributed by atoms with E-state index in [1.54, 1.807) is 12.1 Å². The van der Waals surface area contributed by atoms with Gasteiger partial charge in [0.1, 0.15) is 5.75 Å². The number of hydrogen-bond acceptors (Lipinski definition) is 3. The van der Waals surface area contributed by atoms with E-state index in [4.69, 9.17) is 11.6 Å². The lowest BCUT2D eigenvalue weighted by Crippen LogP contribution is -2.45. The number of carbonyl (C=O) groups excluding carboxylic acids is 1. The number of anilines is 1. The van der Waals surface area contributed by atoms with E-state index in [1.165, 1.54) is 23.2 Å². The molecule has 1 aromatic heterocycles. The second kappa shape index (κ2) is 7.83. The predicted octanol–water partition coefficient (Wildman–Crippen LogP) is 5.13. The van der Waals surface area contributed by atoms with Gasteiger partial charge in [0.15, 0.2) is 5.67 Å². The summed E-state index contributed by atoms with van der Waals surface area (Å²) in [6, 6.07) is 7.47. The largest absolute Gasteiger partial charge is 0.573 e. The molecule has 3 rings (SSSR count). The first kappa shape index (κ1) is 20.2. The van der Waals surface area contributed by atoms with Gasteiger partial charge in [0.05, 0.1) is 10.7 Å². The van der Waals surface area contributed by atoms with Crippen LogP contribution < -0.4 is 10.1 Å². The number of urea groups is 1. The number of carbonyl (C=O) groups is 1.